The largest absolute Gasteiger partial charge is 0.480 e. The van der Waals surface area contributed by atoms with Gasteiger partial charge in [0.15, 0.2) is 0 Å². The number of nitrogens with zero attached hydrogens (tertiary/aromatic N) is 4. The summed E-state index contributed by atoms with van der Waals surface area (Å²) in [4.78, 5) is 27.2. The number of halogens is 1. The first-order chi connectivity index (χ1) is 14.1. The molecule has 2 aromatic heterocycles. The molecule has 0 aliphatic carbocycles. The van der Waals surface area contributed by atoms with Gasteiger partial charge in [-0.3, -0.25) is 0 Å². The molecule has 2 aromatic carbocycles. The van der Waals surface area contributed by atoms with Crippen molar-refractivity contribution in [1.82, 2.24) is 19.9 Å². The van der Waals surface area contributed by atoms with Gasteiger partial charge in [0.25, 0.3) is 0 Å². The first-order valence-corrected chi connectivity index (χ1v) is 8.82. The van der Waals surface area contributed by atoms with Crippen molar-refractivity contribution in [2.24, 2.45) is 0 Å². The Hall–Kier alpha value is -3.36. The molecule has 0 radical (unpaired) electrons. The Bertz CT molecular complexity index is 1170. The summed E-state index contributed by atoms with van der Waals surface area (Å²) in [6, 6.07) is 10.4. The Morgan fingerprint density at radius 3 is 2.34 bits per heavy atom. The van der Waals surface area contributed by atoms with Gasteiger partial charge >= 0.3 is 5.97 Å². The number of ether oxygens (including phenoxy) is 2. The Morgan fingerprint density at radius 2 is 1.66 bits per heavy atom. The molecule has 0 aliphatic rings. The molecule has 1 N–H and O–H groups in total. The van der Waals surface area contributed by atoms with E-state index in [-0.39, 0.29) is 6.61 Å². The van der Waals surface area contributed by atoms with E-state index in [0.717, 1.165) is 16.5 Å². The van der Waals surface area contributed by atoms with E-state index in [1.165, 1.54) is 19.8 Å². The number of aliphatic hydroxyl groups excluding tert-OH is 1. The standard InChI is InChI=1S/C10H7ClN2O2.C10H10N2O2/c1-15-10(14)6-2-3-8-7(4-6)9(11)13-5-12-8;1-14-10-8-4-7(5-13)2-3-9(8)11-6-12-10/h2-5H,1H3;2-4,6,13H,5H2,1H3. The summed E-state index contributed by atoms with van der Waals surface area (Å²) in [6.07, 6.45) is 2.84. The summed E-state index contributed by atoms with van der Waals surface area (Å²) in [6.45, 7) is 0.00793. The average Bonchev–Trinajstić information content (AvgIpc) is 2.78. The monoisotopic (exact) mass is 412 g/mol. The van der Waals surface area contributed by atoms with Crippen LogP contribution in [0.1, 0.15) is 15.9 Å². The summed E-state index contributed by atoms with van der Waals surface area (Å²) in [5.41, 5.74) is 2.77. The zero-order valence-electron chi connectivity index (χ0n) is 15.7. The van der Waals surface area contributed by atoms with E-state index in [1.807, 2.05) is 18.2 Å². The van der Waals surface area contributed by atoms with E-state index in [9.17, 15) is 4.79 Å². The highest BCUT2D eigenvalue weighted by atomic mass is 35.5. The van der Waals surface area contributed by atoms with Crippen molar-refractivity contribution >= 4 is 39.4 Å². The second-order valence-corrected chi connectivity index (χ2v) is 6.14. The fourth-order valence-corrected chi connectivity index (χ4v) is 2.81. The van der Waals surface area contributed by atoms with Crippen LogP contribution in [0.4, 0.5) is 0 Å². The predicted molar refractivity (Wildman–Crippen MR) is 108 cm³/mol. The molecule has 4 rings (SSSR count). The van der Waals surface area contributed by atoms with Crippen LogP contribution < -0.4 is 4.74 Å². The topological polar surface area (TPSA) is 107 Å². The molecule has 0 amide bonds. The molecule has 148 valence electrons. The lowest BCUT2D eigenvalue weighted by molar-refractivity contribution is 0.0601. The number of hydrogen-bond acceptors (Lipinski definition) is 8. The van der Waals surface area contributed by atoms with E-state index in [2.05, 4.69) is 24.7 Å². The van der Waals surface area contributed by atoms with E-state index >= 15 is 0 Å². The Balaban J connectivity index is 0.000000166. The first kappa shape index (κ1) is 20.4. The number of methoxy groups -OCH3 is 2. The summed E-state index contributed by atoms with van der Waals surface area (Å²) in [5, 5.41) is 10.8. The fourth-order valence-electron chi connectivity index (χ4n) is 2.61. The minimum absolute atomic E-state index is 0.00793. The molecular formula is C20H17ClN4O4. The number of hydrogen-bond donors (Lipinski definition) is 1. The molecule has 0 aliphatic heterocycles. The van der Waals surface area contributed by atoms with Gasteiger partial charge in [-0.15, -0.1) is 0 Å². The van der Waals surface area contributed by atoms with E-state index in [1.54, 1.807) is 25.3 Å². The van der Waals surface area contributed by atoms with Crippen molar-refractivity contribution in [2.75, 3.05) is 14.2 Å². The maximum Gasteiger partial charge on any atom is 0.337 e. The molecule has 4 aromatic rings. The van der Waals surface area contributed by atoms with Crippen molar-refractivity contribution in [1.29, 1.82) is 0 Å². The number of esters is 1. The lowest BCUT2D eigenvalue weighted by Gasteiger charge is -2.04. The zero-order chi connectivity index (χ0) is 20.8. The zero-order valence-corrected chi connectivity index (χ0v) is 16.4. The van der Waals surface area contributed by atoms with Crippen LogP contribution >= 0.6 is 11.6 Å². The Kier molecular flexibility index (Phi) is 6.48. The number of carbonyl (C=O) groups excluding carboxylic acids is 1. The van der Waals surface area contributed by atoms with E-state index < -0.39 is 5.97 Å². The number of carbonyl (C=O) groups is 1. The van der Waals surface area contributed by atoms with Crippen LogP contribution in [0, 0.1) is 0 Å². The van der Waals surface area contributed by atoms with Crippen molar-refractivity contribution in [3.05, 3.63) is 65.3 Å². The second kappa shape index (κ2) is 9.22. The molecule has 9 heteroatoms. The number of benzene rings is 2. The minimum Gasteiger partial charge on any atom is -0.480 e. The third-order valence-electron chi connectivity index (χ3n) is 4.05. The number of aliphatic hydroxyl groups is 1. The van der Waals surface area contributed by atoms with E-state index in [0.29, 0.717) is 27.5 Å². The Morgan fingerprint density at radius 1 is 0.966 bits per heavy atom. The molecule has 0 saturated heterocycles. The van der Waals surface area contributed by atoms with Crippen molar-refractivity contribution in [3.63, 3.8) is 0 Å². The lowest BCUT2D eigenvalue weighted by Crippen LogP contribution is -2.00. The van der Waals surface area contributed by atoms with Gasteiger partial charge < -0.3 is 14.6 Å². The molecule has 8 nitrogen and oxygen atoms in total. The molecular weight excluding hydrogens is 396 g/mol. The molecule has 2 heterocycles. The van der Waals surface area contributed by atoms with Gasteiger partial charge in [0.1, 0.15) is 17.8 Å². The fraction of sp³-hybridized carbons (Fsp3) is 0.150. The van der Waals surface area contributed by atoms with Crippen LogP contribution in [0.15, 0.2) is 49.1 Å². The van der Waals surface area contributed by atoms with Gasteiger partial charge in [0.2, 0.25) is 5.88 Å². The SMILES string of the molecule is COC(=O)c1ccc2ncnc(Cl)c2c1.COc1ncnc2ccc(CO)cc12. The van der Waals surface area contributed by atoms with E-state index in [4.69, 9.17) is 21.4 Å². The molecule has 0 spiro atoms. The lowest BCUT2D eigenvalue weighted by atomic mass is 10.1. The maximum absolute atomic E-state index is 11.3. The smallest absolute Gasteiger partial charge is 0.337 e. The van der Waals surface area contributed by atoms with Crippen LogP contribution in [-0.4, -0.2) is 45.2 Å². The van der Waals surface area contributed by atoms with Gasteiger partial charge in [-0.1, -0.05) is 17.7 Å². The van der Waals surface area contributed by atoms with Crippen LogP contribution in [0.5, 0.6) is 5.88 Å². The normalized spacial score (nSPS) is 10.3. The van der Waals surface area contributed by atoms with Crippen molar-refractivity contribution < 1.29 is 19.4 Å². The molecule has 0 fully saturated rings. The molecule has 0 atom stereocenters. The van der Waals surface area contributed by atoms with Gasteiger partial charge in [-0.25, -0.2) is 24.7 Å². The summed E-state index contributed by atoms with van der Waals surface area (Å²) < 4.78 is 9.70. The highest BCUT2D eigenvalue weighted by Crippen LogP contribution is 2.22. The van der Waals surface area contributed by atoms with Gasteiger partial charge in [-0.2, -0.15) is 0 Å². The summed E-state index contributed by atoms with van der Waals surface area (Å²) in [5.74, 6) is 0.127. The molecule has 0 unspecified atom stereocenters. The quantitative estimate of drug-likeness (QED) is 0.403. The van der Waals surface area contributed by atoms with Gasteiger partial charge in [-0.05, 0) is 35.9 Å². The summed E-state index contributed by atoms with van der Waals surface area (Å²) in [7, 11) is 2.89. The summed E-state index contributed by atoms with van der Waals surface area (Å²) >= 11 is 5.87. The minimum atomic E-state index is -0.406. The highest BCUT2D eigenvalue weighted by Gasteiger charge is 2.08. The van der Waals surface area contributed by atoms with Crippen LogP contribution in [0.25, 0.3) is 21.8 Å². The number of rotatable bonds is 3. The van der Waals surface area contributed by atoms with Crippen LogP contribution in [0.3, 0.4) is 0 Å². The Labute approximate surface area is 171 Å². The number of fused-ring (bicyclic) bond motifs is 2. The van der Waals surface area contributed by atoms with Crippen LogP contribution in [0.2, 0.25) is 5.15 Å². The van der Waals surface area contributed by atoms with Crippen molar-refractivity contribution in [3.8, 4) is 5.88 Å². The average molecular weight is 413 g/mol. The third-order valence-corrected chi connectivity index (χ3v) is 4.35. The number of aromatic nitrogens is 4. The predicted octanol–water partition coefficient (Wildman–Crippen LogP) is 3.20. The van der Waals surface area contributed by atoms with Crippen LogP contribution in [-0.2, 0) is 11.3 Å². The molecule has 29 heavy (non-hydrogen) atoms. The molecule has 0 bridgehead atoms. The highest BCUT2D eigenvalue weighted by molar-refractivity contribution is 6.34. The van der Waals surface area contributed by atoms with Gasteiger partial charge in [0, 0.05) is 5.39 Å². The third kappa shape index (κ3) is 4.56. The van der Waals surface area contributed by atoms with Gasteiger partial charge in [0.05, 0.1) is 42.8 Å². The first-order valence-electron chi connectivity index (χ1n) is 8.44. The maximum atomic E-state index is 11.3. The second-order valence-electron chi connectivity index (χ2n) is 5.78. The van der Waals surface area contributed by atoms with Crippen molar-refractivity contribution in [2.45, 2.75) is 6.61 Å². The molecule has 0 saturated carbocycles.